The molecule has 0 radical (unpaired) electrons. The molecule has 140 valence electrons. The van der Waals surface area contributed by atoms with E-state index in [1.165, 1.54) is 14.2 Å². The van der Waals surface area contributed by atoms with E-state index in [1.807, 2.05) is 0 Å². The SMILES string of the molecule is COc1ccc2c(c1OC)C(=O)OC2CC(=O)c1cc([N+](=O)[O-])ccc1O. The minimum atomic E-state index is -0.904. The Hall–Kier alpha value is -3.62. The van der Waals surface area contributed by atoms with Crippen LogP contribution >= 0.6 is 0 Å². The number of ketones is 1. The van der Waals surface area contributed by atoms with Crippen LogP contribution in [0.25, 0.3) is 0 Å². The molecular formula is C18H15NO8. The summed E-state index contributed by atoms with van der Waals surface area (Å²) in [5.41, 5.74) is 0.0642. The van der Waals surface area contributed by atoms with E-state index in [0.29, 0.717) is 11.3 Å². The molecule has 0 amide bonds. The van der Waals surface area contributed by atoms with Crippen molar-refractivity contribution in [2.24, 2.45) is 0 Å². The monoisotopic (exact) mass is 373 g/mol. The van der Waals surface area contributed by atoms with Gasteiger partial charge in [0.15, 0.2) is 17.3 Å². The first kappa shape index (κ1) is 18.2. The van der Waals surface area contributed by atoms with Crippen LogP contribution in [0.2, 0.25) is 0 Å². The second-order valence-electron chi connectivity index (χ2n) is 5.75. The van der Waals surface area contributed by atoms with Gasteiger partial charge in [-0.2, -0.15) is 0 Å². The molecular weight excluding hydrogens is 358 g/mol. The Bertz CT molecular complexity index is 953. The fourth-order valence-corrected chi connectivity index (χ4v) is 2.96. The van der Waals surface area contributed by atoms with E-state index in [2.05, 4.69) is 0 Å². The van der Waals surface area contributed by atoms with Gasteiger partial charge in [0.05, 0.1) is 31.1 Å². The van der Waals surface area contributed by atoms with Crippen LogP contribution in [-0.4, -0.2) is 36.0 Å². The number of nitro benzene ring substituents is 1. The van der Waals surface area contributed by atoms with Crippen molar-refractivity contribution in [1.82, 2.24) is 0 Å². The predicted molar refractivity (Wildman–Crippen MR) is 91.4 cm³/mol. The number of esters is 1. The van der Waals surface area contributed by atoms with Crippen LogP contribution in [0.4, 0.5) is 5.69 Å². The lowest BCUT2D eigenvalue weighted by Crippen LogP contribution is -2.08. The van der Waals surface area contributed by atoms with Crippen molar-refractivity contribution in [1.29, 1.82) is 0 Å². The van der Waals surface area contributed by atoms with Crippen molar-refractivity contribution in [3.05, 3.63) is 57.1 Å². The first-order valence-corrected chi connectivity index (χ1v) is 7.83. The molecule has 2 aromatic carbocycles. The number of rotatable bonds is 6. The Kier molecular flexibility index (Phi) is 4.68. The first-order valence-electron chi connectivity index (χ1n) is 7.83. The van der Waals surface area contributed by atoms with E-state index in [9.17, 15) is 24.8 Å². The summed E-state index contributed by atoms with van der Waals surface area (Å²) in [7, 11) is 2.81. The van der Waals surface area contributed by atoms with Crippen LogP contribution in [0.5, 0.6) is 17.2 Å². The average molecular weight is 373 g/mol. The number of Topliss-reactive ketones (excluding diaryl/α,β-unsaturated/α-hetero) is 1. The summed E-state index contributed by atoms with van der Waals surface area (Å²) in [4.78, 5) is 35.0. The van der Waals surface area contributed by atoms with Gasteiger partial charge in [-0.15, -0.1) is 0 Å². The molecule has 1 aliphatic rings. The number of cyclic esters (lactones) is 1. The molecule has 0 saturated heterocycles. The van der Waals surface area contributed by atoms with Gasteiger partial charge in [0.25, 0.3) is 5.69 Å². The fourth-order valence-electron chi connectivity index (χ4n) is 2.96. The molecule has 0 fully saturated rings. The number of nitrogens with zero attached hydrogens (tertiary/aromatic N) is 1. The molecule has 9 nitrogen and oxygen atoms in total. The zero-order valence-corrected chi connectivity index (χ0v) is 14.4. The normalized spacial score (nSPS) is 15.0. The van der Waals surface area contributed by atoms with Gasteiger partial charge in [-0.1, -0.05) is 6.07 Å². The van der Waals surface area contributed by atoms with Crippen molar-refractivity contribution in [3.63, 3.8) is 0 Å². The van der Waals surface area contributed by atoms with Gasteiger partial charge in [0.1, 0.15) is 17.4 Å². The Balaban J connectivity index is 1.93. The zero-order chi connectivity index (χ0) is 19.7. The number of phenols is 1. The standard InChI is InChI=1S/C18H15NO8/c1-25-14-6-4-10-15(27-18(22)16(10)17(14)26-2)8-13(21)11-7-9(19(23)24)3-5-12(11)20/h3-7,15,20H,8H2,1-2H3. The molecule has 1 atom stereocenters. The van der Waals surface area contributed by atoms with Crippen LogP contribution in [0.15, 0.2) is 30.3 Å². The number of methoxy groups -OCH3 is 2. The lowest BCUT2D eigenvalue weighted by atomic mass is 9.97. The van der Waals surface area contributed by atoms with E-state index in [1.54, 1.807) is 12.1 Å². The molecule has 0 aromatic heterocycles. The Morgan fingerprint density at radius 3 is 2.63 bits per heavy atom. The highest BCUT2D eigenvalue weighted by molar-refractivity contribution is 6.02. The van der Waals surface area contributed by atoms with Gasteiger partial charge in [-0.3, -0.25) is 14.9 Å². The molecule has 1 N–H and O–H groups in total. The maximum atomic E-state index is 12.6. The van der Waals surface area contributed by atoms with Crippen LogP contribution in [0, 0.1) is 10.1 Å². The number of aromatic hydroxyl groups is 1. The number of ether oxygens (including phenoxy) is 3. The number of carbonyl (C=O) groups excluding carboxylic acids is 2. The quantitative estimate of drug-likeness (QED) is 0.355. The van der Waals surface area contributed by atoms with Crippen molar-refractivity contribution in [2.75, 3.05) is 14.2 Å². The number of hydrogen-bond donors (Lipinski definition) is 1. The maximum absolute atomic E-state index is 12.6. The highest BCUT2D eigenvalue weighted by Crippen LogP contribution is 2.43. The highest BCUT2D eigenvalue weighted by Gasteiger charge is 2.37. The van der Waals surface area contributed by atoms with Gasteiger partial charge >= 0.3 is 5.97 Å². The summed E-state index contributed by atoms with van der Waals surface area (Å²) in [6.07, 6.45) is -1.19. The second kappa shape index (κ2) is 6.94. The molecule has 1 heterocycles. The number of hydrogen-bond acceptors (Lipinski definition) is 8. The molecule has 27 heavy (non-hydrogen) atoms. The van der Waals surface area contributed by atoms with Crippen LogP contribution in [0.3, 0.4) is 0 Å². The summed E-state index contributed by atoms with van der Waals surface area (Å²) >= 11 is 0. The van der Waals surface area contributed by atoms with E-state index in [4.69, 9.17) is 14.2 Å². The predicted octanol–water partition coefficient (Wildman–Crippen LogP) is 2.80. The van der Waals surface area contributed by atoms with E-state index >= 15 is 0 Å². The van der Waals surface area contributed by atoms with E-state index in [0.717, 1.165) is 18.2 Å². The molecule has 1 aliphatic heterocycles. The van der Waals surface area contributed by atoms with Gasteiger partial charge in [-0.25, -0.2) is 4.79 Å². The number of fused-ring (bicyclic) bond motifs is 1. The first-order chi connectivity index (χ1) is 12.9. The van der Waals surface area contributed by atoms with Crippen LogP contribution < -0.4 is 9.47 Å². The Labute approximate surface area is 153 Å². The van der Waals surface area contributed by atoms with Crippen molar-refractivity contribution < 1.29 is 33.8 Å². The molecule has 0 saturated carbocycles. The summed E-state index contributed by atoms with van der Waals surface area (Å²) in [5, 5.41) is 20.8. The largest absolute Gasteiger partial charge is 0.507 e. The Morgan fingerprint density at radius 2 is 2.00 bits per heavy atom. The van der Waals surface area contributed by atoms with Crippen LogP contribution in [0.1, 0.15) is 38.8 Å². The van der Waals surface area contributed by atoms with Crippen molar-refractivity contribution in [3.8, 4) is 17.2 Å². The van der Waals surface area contributed by atoms with Crippen LogP contribution in [-0.2, 0) is 4.74 Å². The van der Waals surface area contributed by atoms with Gasteiger partial charge in [-0.05, 0) is 12.1 Å². The molecule has 0 spiro atoms. The summed E-state index contributed by atoms with van der Waals surface area (Å²) in [6.45, 7) is 0. The molecule has 3 rings (SSSR count). The topological polar surface area (TPSA) is 125 Å². The smallest absolute Gasteiger partial charge is 0.343 e. The second-order valence-corrected chi connectivity index (χ2v) is 5.75. The molecule has 0 aliphatic carbocycles. The summed E-state index contributed by atoms with van der Waals surface area (Å²) in [6, 6.07) is 6.33. The minimum absolute atomic E-state index is 0.165. The van der Waals surface area contributed by atoms with Crippen molar-refractivity contribution in [2.45, 2.75) is 12.5 Å². The van der Waals surface area contributed by atoms with Gasteiger partial charge in [0.2, 0.25) is 0 Å². The molecule has 0 bridgehead atoms. The van der Waals surface area contributed by atoms with Crippen molar-refractivity contribution >= 4 is 17.4 Å². The third-order valence-electron chi connectivity index (χ3n) is 4.24. The number of carbonyl (C=O) groups is 2. The summed E-state index contributed by atoms with van der Waals surface area (Å²) < 4.78 is 15.6. The lowest BCUT2D eigenvalue weighted by molar-refractivity contribution is -0.384. The third kappa shape index (κ3) is 3.14. The molecule has 9 heteroatoms. The van der Waals surface area contributed by atoms with Gasteiger partial charge < -0.3 is 19.3 Å². The zero-order valence-electron chi connectivity index (χ0n) is 14.4. The Morgan fingerprint density at radius 1 is 1.26 bits per heavy atom. The molecule has 1 unspecified atom stereocenters. The summed E-state index contributed by atoms with van der Waals surface area (Å²) in [5.74, 6) is -1.11. The lowest BCUT2D eigenvalue weighted by Gasteiger charge is -2.12. The number of nitro groups is 1. The van der Waals surface area contributed by atoms with E-state index < -0.39 is 22.8 Å². The highest BCUT2D eigenvalue weighted by atomic mass is 16.6. The fraction of sp³-hybridized carbons (Fsp3) is 0.222. The average Bonchev–Trinajstić information content (AvgIpc) is 2.96. The number of benzene rings is 2. The maximum Gasteiger partial charge on any atom is 0.343 e. The minimum Gasteiger partial charge on any atom is -0.507 e. The van der Waals surface area contributed by atoms with E-state index in [-0.39, 0.29) is 34.7 Å². The third-order valence-corrected chi connectivity index (χ3v) is 4.24. The molecule has 2 aromatic rings. The number of phenolic OH excluding ortho intramolecular Hbond substituents is 1. The van der Waals surface area contributed by atoms with Gasteiger partial charge in [0, 0.05) is 17.7 Å². The number of non-ortho nitro benzene ring substituents is 1.